The van der Waals surface area contributed by atoms with Gasteiger partial charge in [-0.25, -0.2) is 9.97 Å². The van der Waals surface area contributed by atoms with E-state index in [-0.39, 0.29) is 0 Å². The Morgan fingerprint density at radius 3 is 3.24 bits per heavy atom. The van der Waals surface area contributed by atoms with Crippen LogP contribution in [-0.4, -0.2) is 48.2 Å². The molecule has 2 N–H and O–H groups in total. The summed E-state index contributed by atoms with van der Waals surface area (Å²) < 4.78 is 5.12. The van der Waals surface area contributed by atoms with Crippen LogP contribution in [0, 0.1) is 0 Å². The Kier molecular flexibility index (Phi) is 4.28. The Hall–Kier alpha value is -1.20. The lowest BCUT2D eigenvalue weighted by atomic mass is 9.94. The van der Waals surface area contributed by atoms with Gasteiger partial charge in [-0.3, -0.25) is 0 Å². The molecule has 1 saturated heterocycles. The highest BCUT2D eigenvalue weighted by atomic mass is 16.5. The van der Waals surface area contributed by atoms with E-state index in [1.165, 1.54) is 12.8 Å². The Bertz CT molecular complexity index is 358. The first kappa shape index (κ1) is 12.3. The minimum atomic E-state index is 0.372. The van der Waals surface area contributed by atoms with Crippen LogP contribution >= 0.6 is 0 Å². The molecule has 94 valence electrons. The minimum Gasteiger partial charge on any atom is -0.383 e. The fraction of sp³-hybridized carbons (Fsp3) is 0.667. The number of piperidine rings is 1. The van der Waals surface area contributed by atoms with Crippen molar-refractivity contribution >= 4 is 5.95 Å². The van der Waals surface area contributed by atoms with Crippen molar-refractivity contribution in [3.8, 4) is 0 Å². The molecule has 0 aromatic carbocycles. The molecule has 1 aromatic heterocycles. The van der Waals surface area contributed by atoms with Crippen LogP contribution in [0.2, 0.25) is 0 Å². The molecule has 0 saturated carbocycles. The average Bonchev–Trinajstić information content (AvgIpc) is 2.37. The van der Waals surface area contributed by atoms with E-state index in [4.69, 9.17) is 10.5 Å². The number of nitrogens with two attached hydrogens (primary N) is 1. The lowest BCUT2D eigenvalue weighted by Gasteiger charge is -2.32. The van der Waals surface area contributed by atoms with Crippen LogP contribution in [-0.2, 0) is 4.74 Å². The van der Waals surface area contributed by atoms with Crippen molar-refractivity contribution in [2.45, 2.75) is 18.8 Å². The van der Waals surface area contributed by atoms with Gasteiger partial charge in [-0.15, -0.1) is 0 Å². The van der Waals surface area contributed by atoms with Crippen LogP contribution in [0.4, 0.5) is 5.95 Å². The highest BCUT2D eigenvalue weighted by Gasteiger charge is 2.22. The van der Waals surface area contributed by atoms with E-state index < -0.39 is 0 Å². The number of nitrogens with zero attached hydrogens (tertiary/aromatic N) is 3. The van der Waals surface area contributed by atoms with E-state index >= 15 is 0 Å². The zero-order valence-electron chi connectivity index (χ0n) is 10.3. The van der Waals surface area contributed by atoms with Crippen molar-refractivity contribution in [3.05, 3.63) is 18.0 Å². The summed E-state index contributed by atoms with van der Waals surface area (Å²) >= 11 is 0. The molecule has 1 unspecified atom stereocenters. The summed E-state index contributed by atoms with van der Waals surface area (Å²) in [6, 6.07) is 1.97. The van der Waals surface area contributed by atoms with Gasteiger partial charge in [0.15, 0.2) is 0 Å². The SMILES string of the molecule is COCCN1CCCC(c2ccnc(N)n2)C1. The summed E-state index contributed by atoms with van der Waals surface area (Å²) in [6.07, 6.45) is 4.13. The minimum absolute atomic E-state index is 0.372. The van der Waals surface area contributed by atoms with E-state index in [0.717, 1.165) is 31.9 Å². The number of methoxy groups -OCH3 is 1. The molecule has 5 heteroatoms. The van der Waals surface area contributed by atoms with Crippen molar-refractivity contribution in [2.75, 3.05) is 39.1 Å². The fourth-order valence-electron chi connectivity index (χ4n) is 2.34. The number of anilines is 1. The van der Waals surface area contributed by atoms with Crippen molar-refractivity contribution < 1.29 is 4.74 Å². The Morgan fingerprint density at radius 2 is 2.47 bits per heavy atom. The summed E-state index contributed by atoms with van der Waals surface area (Å²) in [5.41, 5.74) is 6.69. The third-order valence-corrected chi connectivity index (χ3v) is 3.23. The van der Waals surface area contributed by atoms with Gasteiger partial charge in [0.2, 0.25) is 5.95 Å². The normalized spacial score (nSPS) is 21.6. The lowest BCUT2D eigenvalue weighted by molar-refractivity contribution is 0.127. The van der Waals surface area contributed by atoms with Crippen molar-refractivity contribution in [1.29, 1.82) is 0 Å². The number of rotatable bonds is 4. The van der Waals surface area contributed by atoms with Gasteiger partial charge in [-0.2, -0.15) is 0 Å². The highest BCUT2D eigenvalue weighted by molar-refractivity contribution is 5.20. The van der Waals surface area contributed by atoms with Crippen LogP contribution in [0.5, 0.6) is 0 Å². The van der Waals surface area contributed by atoms with E-state index in [1.54, 1.807) is 13.3 Å². The number of nitrogen functional groups attached to an aromatic ring is 1. The maximum atomic E-state index is 5.62. The van der Waals surface area contributed by atoms with Gasteiger partial charge < -0.3 is 15.4 Å². The third kappa shape index (κ3) is 3.38. The van der Waals surface area contributed by atoms with Crippen LogP contribution in [0.1, 0.15) is 24.5 Å². The molecular formula is C12H20N4O. The molecule has 2 rings (SSSR count). The highest BCUT2D eigenvalue weighted by Crippen LogP contribution is 2.25. The molecule has 1 aliphatic rings. The quantitative estimate of drug-likeness (QED) is 0.841. The van der Waals surface area contributed by atoms with E-state index in [1.807, 2.05) is 6.07 Å². The smallest absolute Gasteiger partial charge is 0.220 e. The number of hydrogen-bond acceptors (Lipinski definition) is 5. The monoisotopic (exact) mass is 236 g/mol. The second kappa shape index (κ2) is 5.93. The molecule has 0 bridgehead atoms. The molecule has 0 spiro atoms. The third-order valence-electron chi connectivity index (χ3n) is 3.23. The summed E-state index contributed by atoms with van der Waals surface area (Å²) in [5.74, 6) is 0.849. The molecular weight excluding hydrogens is 216 g/mol. The number of ether oxygens (including phenoxy) is 1. The molecule has 0 radical (unpaired) electrons. The number of hydrogen-bond donors (Lipinski definition) is 1. The molecule has 1 aromatic rings. The van der Waals surface area contributed by atoms with Gasteiger partial charge in [0, 0.05) is 32.3 Å². The summed E-state index contributed by atoms with van der Waals surface area (Å²) in [4.78, 5) is 10.7. The van der Waals surface area contributed by atoms with Crippen LogP contribution in [0.15, 0.2) is 12.3 Å². The predicted molar refractivity (Wildman–Crippen MR) is 66.7 cm³/mol. The van der Waals surface area contributed by atoms with Gasteiger partial charge >= 0.3 is 0 Å². The first-order valence-corrected chi connectivity index (χ1v) is 6.09. The first-order chi connectivity index (χ1) is 8.29. The average molecular weight is 236 g/mol. The molecule has 1 aliphatic heterocycles. The van der Waals surface area contributed by atoms with Gasteiger partial charge in [0.1, 0.15) is 0 Å². The van der Waals surface area contributed by atoms with E-state index in [2.05, 4.69) is 14.9 Å². The molecule has 2 heterocycles. The first-order valence-electron chi connectivity index (χ1n) is 6.09. The Labute approximate surface area is 102 Å². The molecule has 17 heavy (non-hydrogen) atoms. The summed E-state index contributed by atoms with van der Waals surface area (Å²) in [5, 5.41) is 0. The Morgan fingerprint density at radius 1 is 1.59 bits per heavy atom. The lowest BCUT2D eigenvalue weighted by Crippen LogP contribution is -2.36. The fourth-order valence-corrected chi connectivity index (χ4v) is 2.34. The standard InChI is InChI=1S/C12H20N4O/c1-17-8-7-16-6-2-3-10(9-16)11-4-5-14-12(13)15-11/h4-5,10H,2-3,6-9H2,1H3,(H2,13,14,15). The topological polar surface area (TPSA) is 64.3 Å². The predicted octanol–water partition coefficient (Wildman–Crippen LogP) is 0.885. The van der Waals surface area contributed by atoms with E-state index in [0.29, 0.717) is 11.9 Å². The van der Waals surface area contributed by atoms with Crippen molar-refractivity contribution in [1.82, 2.24) is 14.9 Å². The molecule has 0 aliphatic carbocycles. The molecule has 1 atom stereocenters. The number of likely N-dealkylation sites (tertiary alicyclic amines) is 1. The Balaban J connectivity index is 1.97. The molecule has 1 fully saturated rings. The largest absolute Gasteiger partial charge is 0.383 e. The number of aromatic nitrogens is 2. The van der Waals surface area contributed by atoms with Crippen LogP contribution in [0.25, 0.3) is 0 Å². The zero-order valence-corrected chi connectivity index (χ0v) is 10.3. The maximum absolute atomic E-state index is 5.62. The van der Waals surface area contributed by atoms with Crippen LogP contribution < -0.4 is 5.73 Å². The van der Waals surface area contributed by atoms with Gasteiger partial charge in [0.05, 0.1) is 12.3 Å². The zero-order chi connectivity index (χ0) is 12.1. The van der Waals surface area contributed by atoms with Gasteiger partial charge in [-0.05, 0) is 25.5 Å². The second-order valence-electron chi connectivity index (χ2n) is 4.47. The van der Waals surface area contributed by atoms with Crippen LogP contribution in [0.3, 0.4) is 0 Å². The van der Waals surface area contributed by atoms with E-state index in [9.17, 15) is 0 Å². The summed E-state index contributed by atoms with van der Waals surface area (Å²) in [6.45, 7) is 3.98. The van der Waals surface area contributed by atoms with Crippen molar-refractivity contribution in [3.63, 3.8) is 0 Å². The van der Waals surface area contributed by atoms with Gasteiger partial charge in [0.25, 0.3) is 0 Å². The maximum Gasteiger partial charge on any atom is 0.220 e. The molecule has 0 amide bonds. The molecule has 5 nitrogen and oxygen atoms in total. The van der Waals surface area contributed by atoms with Crippen molar-refractivity contribution in [2.24, 2.45) is 0 Å². The summed E-state index contributed by atoms with van der Waals surface area (Å²) in [7, 11) is 1.74. The second-order valence-corrected chi connectivity index (χ2v) is 4.47. The van der Waals surface area contributed by atoms with Gasteiger partial charge in [-0.1, -0.05) is 0 Å².